The molecule has 0 aliphatic carbocycles. The molecule has 5 rings (SSSR count). The molecule has 2 aliphatic rings. The molecule has 2 aromatic carbocycles. The summed E-state index contributed by atoms with van der Waals surface area (Å²) in [5.41, 5.74) is 1.47. The maximum Gasteiger partial charge on any atom is 0.231 e. The number of fused-ring (bicyclic) bond motifs is 2. The molecule has 2 amide bonds. The van der Waals surface area contributed by atoms with Gasteiger partial charge >= 0.3 is 0 Å². The number of carbonyl (C=O) groups excluding carboxylic acids is 2. The Morgan fingerprint density at radius 1 is 1.21 bits per heavy atom. The highest BCUT2D eigenvalue weighted by molar-refractivity contribution is 7.22. The normalized spacial score (nSPS) is 18.1. The van der Waals surface area contributed by atoms with E-state index in [1.165, 1.54) is 11.3 Å². The van der Waals surface area contributed by atoms with Gasteiger partial charge in [0.15, 0.2) is 16.6 Å². The minimum atomic E-state index is -0.450. The van der Waals surface area contributed by atoms with Crippen molar-refractivity contribution < 1.29 is 19.1 Å². The predicted molar refractivity (Wildman–Crippen MR) is 106 cm³/mol. The van der Waals surface area contributed by atoms with Gasteiger partial charge in [0, 0.05) is 29.7 Å². The summed E-state index contributed by atoms with van der Waals surface area (Å²) >= 11 is 7.35. The summed E-state index contributed by atoms with van der Waals surface area (Å²) in [6, 6.07) is 10.7. The number of rotatable bonds is 3. The molecule has 0 bridgehead atoms. The molecule has 1 saturated heterocycles. The third-order valence-electron chi connectivity index (χ3n) is 4.74. The molecule has 142 valence electrons. The molecule has 1 fully saturated rings. The second-order valence-electron chi connectivity index (χ2n) is 6.56. The van der Waals surface area contributed by atoms with E-state index >= 15 is 0 Å². The summed E-state index contributed by atoms with van der Waals surface area (Å²) in [6.45, 7) is 0.478. The van der Waals surface area contributed by atoms with E-state index in [-0.39, 0.29) is 25.0 Å². The number of nitrogens with one attached hydrogen (secondary N) is 1. The monoisotopic (exact) mass is 415 g/mol. The summed E-state index contributed by atoms with van der Waals surface area (Å²) in [6.07, 6.45) is 0.150. The van der Waals surface area contributed by atoms with E-state index in [2.05, 4.69) is 10.3 Å². The largest absolute Gasteiger partial charge is 0.454 e. The van der Waals surface area contributed by atoms with E-state index in [0.717, 1.165) is 10.2 Å². The van der Waals surface area contributed by atoms with Crippen molar-refractivity contribution in [1.29, 1.82) is 0 Å². The third kappa shape index (κ3) is 3.04. The van der Waals surface area contributed by atoms with E-state index in [4.69, 9.17) is 21.1 Å². The number of hydrogen-bond donors (Lipinski definition) is 1. The number of nitrogens with zero attached hydrogens (tertiary/aromatic N) is 2. The molecule has 2 aliphatic heterocycles. The van der Waals surface area contributed by atoms with Crippen LogP contribution < -0.4 is 19.7 Å². The SMILES string of the molecule is O=C(Nc1nc2ccc(Cl)cc2s1)C1CC(=O)N(c2ccc3c(c2)OCO3)C1. The van der Waals surface area contributed by atoms with Crippen LogP contribution in [0.15, 0.2) is 36.4 Å². The van der Waals surface area contributed by atoms with Gasteiger partial charge in [0.25, 0.3) is 0 Å². The molecular formula is C19H14ClN3O4S. The van der Waals surface area contributed by atoms with E-state index < -0.39 is 5.92 Å². The molecule has 28 heavy (non-hydrogen) atoms. The summed E-state index contributed by atoms with van der Waals surface area (Å²) in [7, 11) is 0. The number of halogens is 1. The summed E-state index contributed by atoms with van der Waals surface area (Å²) in [5.74, 6) is 0.484. The molecule has 1 unspecified atom stereocenters. The molecule has 1 aromatic heterocycles. The van der Waals surface area contributed by atoms with Crippen molar-refractivity contribution in [3.05, 3.63) is 41.4 Å². The van der Waals surface area contributed by atoms with Crippen LogP contribution in [-0.4, -0.2) is 30.1 Å². The highest BCUT2D eigenvalue weighted by Gasteiger charge is 2.36. The zero-order chi connectivity index (χ0) is 19.3. The van der Waals surface area contributed by atoms with Gasteiger partial charge in [-0.05, 0) is 30.3 Å². The van der Waals surface area contributed by atoms with Crippen LogP contribution in [0, 0.1) is 5.92 Å². The van der Waals surface area contributed by atoms with E-state index in [0.29, 0.717) is 33.9 Å². The molecule has 0 radical (unpaired) electrons. The first-order valence-electron chi connectivity index (χ1n) is 8.64. The second kappa shape index (κ2) is 6.65. The predicted octanol–water partition coefficient (Wildman–Crippen LogP) is 3.67. The Labute approximate surface area is 168 Å². The number of carbonyl (C=O) groups is 2. The van der Waals surface area contributed by atoms with Crippen molar-refractivity contribution in [2.45, 2.75) is 6.42 Å². The fraction of sp³-hybridized carbons (Fsp3) is 0.211. The number of hydrogen-bond acceptors (Lipinski definition) is 6. The van der Waals surface area contributed by atoms with Crippen LogP contribution in [0.4, 0.5) is 10.8 Å². The van der Waals surface area contributed by atoms with Crippen LogP contribution in [0.25, 0.3) is 10.2 Å². The average Bonchev–Trinajstić information content (AvgIpc) is 3.38. The van der Waals surface area contributed by atoms with Crippen molar-refractivity contribution in [3.8, 4) is 11.5 Å². The summed E-state index contributed by atoms with van der Waals surface area (Å²) in [5, 5.41) is 3.95. The molecule has 9 heteroatoms. The topological polar surface area (TPSA) is 80.8 Å². The lowest BCUT2D eigenvalue weighted by molar-refractivity contribution is -0.122. The van der Waals surface area contributed by atoms with Crippen LogP contribution >= 0.6 is 22.9 Å². The highest BCUT2D eigenvalue weighted by atomic mass is 35.5. The van der Waals surface area contributed by atoms with Crippen LogP contribution in [0.5, 0.6) is 11.5 Å². The zero-order valence-corrected chi connectivity index (χ0v) is 16.0. The smallest absolute Gasteiger partial charge is 0.231 e. The number of amides is 2. The lowest BCUT2D eigenvalue weighted by Crippen LogP contribution is -2.28. The maximum absolute atomic E-state index is 12.7. The molecule has 1 N–H and O–H groups in total. The first kappa shape index (κ1) is 17.3. The first-order valence-corrected chi connectivity index (χ1v) is 9.83. The quantitative estimate of drug-likeness (QED) is 0.705. The maximum atomic E-state index is 12.7. The van der Waals surface area contributed by atoms with E-state index in [1.54, 1.807) is 29.2 Å². The number of aromatic nitrogens is 1. The van der Waals surface area contributed by atoms with Crippen molar-refractivity contribution >= 4 is 55.8 Å². The van der Waals surface area contributed by atoms with Crippen LogP contribution in [-0.2, 0) is 9.59 Å². The molecule has 0 spiro atoms. The first-order chi connectivity index (χ1) is 13.6. The fourth-order valence-corrected chi connectivity index (χ4v) is 4.49. The Balaban J connectivity index is 1.31. The standard InChI is InChI=1S/C19H14ClN3O4S/c20-11-1-3-13-16(6-11)28-19(21-13)22-18(25)10-5-17(24)23(8-10)12-2-4-14-15(7-12)27-9-26-14/h1-4,6-7,10H,5,8-9H2,(H,21,22,25). The Hall–Kier alpha value is -2.84. The van der Waals surface area contributed by atoms with Crippen molar-refractivity contribution in [2.75, 3.05) is 23.6 Å². The van der Waals surface area contributed by atoms with Crippen LogP contribution in [0.2, 0.25) is 5.02 Å². The number of thiazole rings is 1. The minimum absolute atomic E-state index is 0.102. The summed E-state index contributed by atoms with van der Waals surface area (Å²) < 4.78 is 11.6. The number of benzene rings is 2. The Kier molecular flexibility index (Phi) is 4.10. The molecule has 0 saturated carbocycles. The molecule has 3 aromatic rings. The number of ether oxygens (including phenoxy) is 2. The van der Waals surface area contributed by atoms with Gasteiger partial charge in [-0.1, -0.05) is 22.9 Å². The van der Waals surface area contributed by atoms with Gasteiger partial charge in [-0.25, -0.2) is 4.98 Å². The van der Waals surface area contributed by atoms with Crippen molar-refractivity contribution in [1.82, 2.24) is 4.98 Å². The highest BCUT2D eigenvalue weighted by Crippen LogP contribution is 2.37. The van der Waals surface area contributed by atoms with Crippen molar-refractivity contribution in [2.24, 2.45) is 5.92 Å². The third-order valence-corrected chi connectivity index (χ3v) is 5.91. The van der Waals surface area contributed by atoms with Crippen LogP contribution in [0.1, 0.15) is 6.42 Å². The van der Waals surface area contributed by atoms with E-state index in [1.807, 2.05) is 12.1 Å². The van der Waals surface area contributed by atoms with Gasteiger partial charge in [0.1, 0.15) is 0 Å². The Bertz CT molecular complexity index is 1120. The second-order valence-corrected chi connectivity index (χ2v) is 8.03. The Morgan fingerprint density at radius 2 is 2.07 bits per heavy atom. The van der Waals surface area contributed by atoms with Crippen molar-refractivity contribution in [3.63, 3.8) is 0 Å². The van der Waals surface area contributed by atoms with Gasteiger partial charge in [-0.3, -0.25) is 9.59 Å². The molecule has 1 atom stereocenters. The summed E-state index contributed by atoms with van der Waals surface area (Å²) in [4.78, 5) is 31.1. The fourth-order valence-electron chi connectivity index (χ4n) is 3.35. The number of anilines is 2. The lowest BCUT2D eigenvalue weighted by Gasteiger charge is -2.17. The lowest BCUT2D eigenvalue weighted by atomic mass is 10.1. The van der Waals surface area contributed by atoms with Gasteiger partial charge in [0.05, 0.1) is 16.1 Å². The van der Waals surface area contributed by atoms with E-state index in [9.17, 15) is 9.59 Å². The average molecular weight is 416 g/mol. The van der Waals surface area contributed by atoms with Gasteiger partial charge in [-0.15, -0.1) is 0 Å². The minimum Gasteiger partial charge on any atom is -0.454 e. The van der Waals surface area contributed by atoms with Gasteiger partial charge in [-0.2, -0.15) is 0 Å². The Morgan fingerprint density at radius 3 is 2.96 bits per heavy atom. The van der Waals surface area contributed by atoms with Gasteiger partial charge < -0.3 is 19.7 Å². The van der Waals surface area contributed by atoms with Gasteiger partial charge in [0.2, 0.25) is 18.6 Å². The molecule has 3 heterocycles. The zero-order valence-electron chi connectivity index (χ0n) is 14.5. The molecular weight excluding hydrogens is 402 g/mol. The van der Waals surface area contributed by atoms with Crippen LogP contribution in [0.3, 0.4) is 0 Å². The molecule has 7 nitrogen and oxygen atoms in total.